The van der Waals surface area contributed by atoms with Crippen molar-refractivity contribution in [3.8, 4) is 12.3 Å². The van der Waals surface area contributed by atoms with Gasteiger partial charge in [-0.15, -0.1) is 6.42 Å². The number of benzene rings is 2. The van der Waals surface area contributed by atoms with Crippen LogP contribution in [0.5, 0.6) is 0 Å². The zero-order valence-electron chi connectivity index (χ0n) is 10.9. The zero-order valence-corrected chi connectivity index (χ0v) is 10.9. The summed E-state index contributed by atoms with van der Waals surface area (Å²) in [5.74, 6) is 8.27. The van der Waals surface area contributed by atoms with Crippen molar-refractivity contribution in [2.45, 2.75) is 6.54 Å². The third-order valence-corrected chi connectivity index (χ3v) is 2.78. The van der Waals surface area contributed by atoms with Crippen LogP contribution < -0.4 is 11.2 Å². The molecule has 0 radical (unpaired) electrons. The van der Waals surface area contributed by atoms with Gasteiger partial charge in [-0.1, -0.05) is 48.4 Å². The first-order chi connectivity index (χ1) is 9.70. The Bertz CT molecular complexity index is 632. The molecule has 3 N–H and O–H groups in total. The lowest BCUT2D eigenvalue weighted by Gasteiger charge is -2.18. The number of nitrogens with zero attached hydrogens (tertiary/aromatic N) is 1. The molecule has 0 aromatic heterocycles. The predicted molar refractivity (Wildman–Crippen MR) is 79.6 cm³/mol. The Morgan fingerprint density at radius 3 is 2.50 bits per heavy atom. The molecule has 4 nitrogen and oxygen atoms in total. The van der Waals surface area contributed by atoms with Gasteiger partial charge in [-0.25, -0.2) is 10.6 Å². The molecule has 0 aliphatic rings. The van der Waals surface area contributed by atoms with E-state index in [9.17, 15) is 4.79 Å². The monoisotopic (exact) mass is 265 g/mol. The minimum absolute atomic E-state index is 0.324. The molecule has 0 heterocycles. The smallest absolute Gasteiger partial charge is 0.305 e. The summed E-state index contributed by atoms with van der Waals surface area (Å²) in [7, 11) is 0. The second-order valence-corrected chi connectivity index (χ2v) is 4.23. The van der Waals surface area contributed by atoms with Crippen molar-refractivity contribution in [1.29, 1.82) is 0 Å². The first kappa shape index (κ1) is 13.7. The number of para-hydroxylation sites is 1. The van der Waals surface area contributed by atoms with Crippen molar-refractivity contribution in [2.24, 2.45) is 5.84 Å². The van der Waals surface area contributed by atoms with E-state index in [0.717, 1.165) is 10.6 Å². The van der Waals surface area contributed by atoms with Crippen LogP contribution in [0.4, 0.5) is 10.5 Å². The topological polar surface area (TPSA) is 58.4 Å². The number of rotatable bonds is 3. The summed E-state index contributed by atoms with van der Waals surface area (Å²) >= 11 is 0. The quantitative estimate of drug-likeness (QED) is 0.388. The molecule has 0 spiro atoms. The Balaban J connectivity index is 2.03. The van der Waals surface area contributed by atoms with Crippen LogP contribution in [0.15, 0.2) is 54.6 Å². The summed E-state index contributed by atoms with van der Waals surface area (Å²) in [5, 5.41) is 3.81. The van der Waals surface area contributed by atoms with Gasteiger partial charge in [-0.05, 0) is 17.7 Å². The highest BCUT2D eigenvalue weighted by molar-refractivity contribution is 5.90. The molecule has 100 valence electrons. The Labute approximate surface area is 118 Å². The highest BCUT2D eigenvalue weighted by atomic mass is 16.2. The first-order valence-electron chi connectivity index (χ1n) is 6.13. The second kappa shape index (κ2) is 6.41. The highest BCUT2D eigenvalue weighted by Gasteiger charge is 2.11. The second-order valence-electron chi connectivity index (χ2n) is 4.23. The summed E-state index contributed by atoms with van der Waals surface area (Å²) in [5.41, 5.74) is 2.15. The minimum atomic E-state index is -0.406. The number of anilines is 1. The minimum Gasteiger partial charge on any atom is -0.305 e. The lowest BCUT2D eigenvalue weighted by Crippen LogP contribution is -2.40. The number of hydrogen-bond donors (Lipinski definition) is 2. The number of nitrogens with two attached hydrogens (primary N) is 1. The van der Waals surface area contributed by atoms with E-state index in [-0.39, 0.29) is 0 Å². The van der Waals surface area contributed by atoms with E-state index in [0.29, 0.717) is 17.8 Å². The van der Waals surface area contributed by atoms with Crippen LogP contribution >= 0.6 is 0 Å². The van der Waals surface area contributed by atoms with E-state index in [4.69, 9.17) is 12.3 Å². The van der Waals surface area contributed by atoms with Crippen LogP contribution in [-0.4, -0.2) is 11.0 Å². The van der Waals surface area contributed by atoms with Gasteiger partial charge in [0.15, 0.2) is 0 Å². The Kier molecular flexibility index (Phi) is 4.38. The molecular formula is C16H15N3O. The van der Waals surface area contributed by atoms with Crippen LogP contribution in [0.2, 0.25) is 0 Å². The number of carbonyl (C=O) groups is 1. The third-order valence-electron chi connectivity index (χ3n) is 2.78. The first-order valence-corrected chi connectivity index (χ1v) is 6.13. The fourth-order valence-electron chi connectivity index (χ4n) is 1.76. The van der Waals surface area contributed by atoms with Gasteiger partial charge in [0, 0.05) is 5.56 Å². The van der Waals surface area contributed by atoms with Crippen molar-refractivity contribution in [3.63, 3.8) is 0 Å². The van der Waals surface area contributed by atoms with Crippen molar-refractivity contribution >= 4 is 11.7 Å². The Morgan fingerprint density at radius 1 is 1.15 bits per heavy atom. The van der Waals surface area contributed by atoms with Crippen LogP contribution in [0.1, 0.15) is 11.1 Å². The summed E-state index contributed by atoms with van der Waals surface area (Å²) in [6.07, 6.45) is 5.38. The van der Waals surface area contributed by atoms with Gasteiger partial charge >= 0.3 is 6.03 Å². The van der Waals surface area contributed by atoms with Crippen molar-refractivity contribution in [2.75, 3.05) is 5.32 Å². The molecule has 0 aliphatic carbocycles. The van der Waals surface area contributed by atoms with Crippen molar-refractivity contribution in [1.82, 2.24) is 5.01 Å². The molecule has 2 amide bonds. The van der Waals surface area contributed by atoms with Gasteiger partial charge in [0.05, 0.1) is 12.2 Å². The van der Waals surface area contributed by atoms with Crippen molar-refractivity contribution < 1.29 is 4.79 Å². The molecule has 0 fully saturated rings. The maximum atomic E-state index is 12.0. The van der Waals surface area contributed by atoms with Crippen LogP contribution in [-0.2, 0) is 6.54 Å². The van der Waals surface area contributed by atoms with Gasteiger partial charge in [-0.3, -0.25) is 5.01 Å². The molecule has 4 heteroatoms. The number of carbonyl (C=O) groups excluding carboxylic acids is 1. The molecule has 0 bridgehead atoms. The summed E-state index contributed by atoms with van der Waals surface area (Å²) in [6.45, 7) is 0.324. The van der Waals surface area contributed by atoms with E-state index in [1.807, 2.05) is 36.4 Å². The lowest BCUT2D eigenvalue weighted by atomic mass is 10.2. The van der Waals surface area contributed by atoms with Crippen LogP contribution in [0, 0.1) is 12.3 Å². The largest absolute Gasteiger partial charge is 0.336 e. The van der Waals surface area contributed by atoms with Crippen LogP contribution in [0.3, 0.4) is 0 Å². The van der Waals surface area contributed by atoms with Gasteiger partial charge in [0.25, 0.3) is 0 Å². The maximum Gasteiger partial charge on any atom is 0.336 e. The number of hydrogen-bond acceptors (Lipinski definition) is 2. The standard InChI is InChI=1S/C16H15N3O/c1-2-14-10-6-7-11-15(14)18-16(20)19(17)12-13-8-4-3-5-9-13/h1,3-11H,12,17H2,(H,18,20). The molecule has 2 aromatic carbocycles. The molecule has 2 aromatic rings. The van der Waals surface area contributed by atoms with Gasteiger partial charge in [0.1, 0.15) is 0 Å². The molecule has 0 unspecified atom stereocenters. The van der Waals surface area contributed by atoms with Gasteiger partial charge in [-0.2, -0.15) is 0 Å². The fraction of sp³-hybridized carbons (Fsp3) is 0.0625. The third kappa shape index (κ3) is 3.37. The van der Waals surface area contributed by atoms with E-state index < -0.39 is 6.03 Å². The van der Waals surface area contributed by atoms with Gasteiger partial charge in [0.2, 0.25) is 0 Å². The number of hydrazine groups is 1. The molecule has 0 atom stereocenters. The molecule has 20 heavy (non-hydrogen) atoms. The molecule has 0 aliphatic heterocycles. The van der Waals surface area contributed by atoms with E-state index >= 15 is 0 Å². The summed E-state index contributed by atoms with van der Waals surface area (Å²) < 4.78 is 0. The van der Waals surface area contributed by atoms with Gasteiger partial charge < -0.3 is 5.32 Å². The maximum absolute atomic E-state index is 12.0. The number of urea groups is 1. The van der Waals surface area contributed by atoms with E-state index in [1.165, 1.54) is 0 Å². The molecule has 0 saturated heterocycles. The fourth-order valence-corrected chi connectivity index (χ4v) is 1.76. The van der Waals surface area contributed by atoms with Crippen molar-refractivity contribution in [3.05, 3.63) is 65.7 Å². The zero-order chi connectivity index (χ0) is 14.4. The predicted octanol–water partition coefficient (Wildman–Crippen LogP) is 2.58. The average Bonchev–Trinajstić information content (AvgIpc) is 2.48. The molecule has 0 saturated carbocycles. The molecular weight excluding hydrogens is 250 g/mol. The average molecular weight is 265 g/mol. The highest BCUT2D eigenvalue weighted by Crippen LogP contribution is 2.14. The summed E-state index contributed by atoms with van der Waals surface area (Å²) in [6, 6.07) is 16.2. The van der Waals surface area contributed by atoms with Crippen LogP contribution in [0.25, 0.3) is 0 Å². The SMILES string of the molecule is C#Cc1ccccc1NC(=O)N(N)Cc1ccccc1. The lowest BCUT2D eigenvalue weighted by molar-refractivity contribution is 0.210. The number of amides is 2. The van der Waals surface area contributed by atoms with E-state index in [2.05, 4.69) is 11.2 Å². The van der Waals surface area contributed by atoms with E-state index in [1.54, 1.807) is 18.2 Å². The Hall–Kier alpha value is -2.77. The Morgan fingerprint density at radius 2 is 1.80 bits per heavy atom. The number of terminal acetylenes is 1. The normalized spacial score (nSPS) is 9.60. The number of nitrogens with one attached hydrogen (secondary N) is 1. The molecule has 2 rings (SSSR count). The summed E-state index contributed by atoms with van der Waals surface area (Å²) in [4.78, 5) is 12.0.